The number of halogens is 2. The van der Waals surface area contributed by atoms with Crippen molar-refractivity contribution < 1.29 is 18.9 Å². The van der Waals surface area contributed by atoms with E-state index in [-0.39, 0.29) is 0 Å². The summed E-state index contributed by atoms with van der Waals surface area (Å²) in [5, 5.41) is 0.447. The lowest BCUT2D eigenvalue weighted by Gasteiger charge is -2.15. The molecule has 0 unspecified atom stereocenters. The van der Waals surface area contributed by atoms with Gasteiger partial charge in [0.2, 0.25) is 0 Å². The third-order valence-electron chi connectivity index (χ3n) is 4.40. The van der Waals surface area contributed by atoms with Crippen molar-refractivity contribution in [3.8, 4) is 45.5 Å². The largest absolute Gasteiger partial charge is 0.495 e. The summed E-state index contributed by atoms with van der Waals surface area (Å²) < 4.78 is 24.4. The minimum absolute atomic E-state index is 0.447. The van der Waals surface area contributed by atoms with Crippen LogP contribution in [-0.4, -0.2) is 38.0 Å². The topological polar surface area (TPSA) is 54.7 Å². The highest BCUT2D eigenvalue weighted by Crippen LogP contribution is 2.45. The molecule has 0 aliphatic carbocycles. The second kappa shape index (κ2) is 8.32. The number of ether oxygens (including phenoxy) is 4. The number of aryl methyl sites for hydroxylation is 1. The standard InChI is InChI=1S/C20H20BrClN2O4/c1-24-10-23-18(11-8-14(26-3)16(21)15(9-11)27-4)19(24)12-6-7-13(25-2)20(28-5)17(12)22/h6-10H,1-5H3. The van der Waals surface area contributed by atoms with Crippen LogP contribution in [0.25, 0.3) is 22.5 Å². The summed E-state index contributed by atoms with van der Waals surface area (Å²) in [5.41, 5.74) is 3.17. The van der Waals surface area contributed by atoms with Crippen LogP contribution in [0.3, 0.4) is 0 Å². The molecule has 1 aromatic heterocycles. The summed E-state index contributed by atoms with van der Waals surface area (Å²) in [6, 6.07) is 7.50. The van der Waals surface area contributed by atoms with Crippen molar-refractivity contribution in [2.24, 2.45) is 7.05 Å². The molecule has 0 N–H and O–H groups in total. The van der Waals surface area contributed by atoms with Gasteiger partial charge in [0, 0.05) is 18.2 Å². The fourth-order valence-corrected chi connectivity index (χ4v) is 3.91. The Labute approximate surface area is 177 Å². The van der Waals surface area contributed by atoms with Crippen molar-refractivity contribution in [1.82, 2.24) is 9.55 Å². The lowest BCUT2D eigenvalue weighted by atomic mass is 10.0. The van der Waals surface area contributed by atoms with E-state index in [2.05, 4.69) is 20.9 Å². The molecule has 0 aliphatic rings. The second-order valence-electron chi connectivity index (χ2n) is 5.91. The Hall–Kier alpha value is -2.38. The molecule has 3 aromatic rings. The van der Waals surface area contributed by atoms with Gasteiger partial charge in [-0.05, 0) is 40.2 Å². The third kappa shape index (κ3) is 3.40. The number of aromatic nitrogens is 2. The zero-order valence-corrected chi connectivity index (χ0v) is 18.5. The minimum atomic E-state index is 0.447. The van der Waals surface area contributed by atoms with E-state index < -0.39 is 0 Å². The molecule has 148 valence electrons. The Kier molecular flexibility index (Phi) is 6.05. The van der Waals surface area contributed by atoms with Crippen LogP contribution in [0.15, 0.2) is 35.1 Å². The highest BCUT2D eigenvalue weighted by molar-refractivity contribution is 9.10. The van der Waals surface area contributed by atoms with Crippen molar-refractivity contribution in [2.45, 2.75) is 0 Å². The zero-order chi connectivity index (χ0) is 20.4. The summed E-state index contributed by atoms with van der Waals surface area (Å²) in [5.74, 6) is 2.32. The van der Waals surface area contributed by atoms with E-state index >= 15 is 0 Å². The van der Waals surface area contributed by atoms with Crippen LogP contribution < -0.4 is 18.9 Å². The van der Waals surface area contributed by atoms with E-state index in [4.69, 9.17) is 30.5 Å². The number of rotatable bonds is 6. The minimum Gasteiger partial charge on any atom is -0.495 e. The summed E-state index contributed by atoms with van der Waals surface area (Å²) in [6.07, 6.45) is 1.73. The monoisotopic (exact) mass is 466 g/mol. The van der Waals surface area contributed by atoms with Gasteiger partial charge < -0.3 is 23.5 Å². The van der Waals surface area contributed by atoms with Gasteiger partial charge in [-0.25, -0.2) is 4.98 Å². The van der Waals surface area contributed by atoms with Crippen LogP contribution in [0.4, 0.5) is 0 Å². The summed E-state index contributed by atoms with van der Waals surface area (Å²) in [7, 11) is 8.25. The lowest BCUT2D eigenvalue weighted by molar-refractivity contribution is 0.355. The molecule has 0 fully saturated rings. The van der Waals surface area contributed by atoms with Crippen molar-refractivity contribution in [3.05, 3.63) is 40.1 Å². The smallest absolute Gasteiger partial charge is 0.180 e. The SMILES string of the molecule is COc1cc(-c2ncn(C)c2-c2ccc(OC)c(OC)c2Cl)cc(OC)c1Br. The number of benzene rings is 2. The average molecular weight is 468 g/mol. The van der Waals surface area contributed by atoms with E-state index in [1.807, 2.05) is 35.9 Å². The molecule has 0 radical (unpaired) electrons. The van der Waals surface area contributed by atoms with E-state index in [1.165, 1.54) is 0 Å². The van der Waals surface area contributed by atoms with Gasteiger partial charge in [-0.2, -0.15) is 0 Å². The van der Waals surface area contributed by atoms with Gasteiger partial charge in [0.05, 0.1) is 51.2 Å². The second-order valence-corrected chi connectivity index (χ2v) is 7.08. The number of methoxy groups -OCH3 is 4. The Morgan fingerprint density at radius 1 is 0.929 bits per heavy atom. The molecule has 1 heterocycles. The first kappa shape index (κ1) is 20.4. The first-order valence-electron chi connectivity index (χ1n) is 8.30. The van der Waals surface area contributed by atoms with Gasteiger partial charge in [-0.3, -0.25) is 0 Å². The third-order valence-corrected chi connectivity index (χ3v) is 5.55. The van der Waals surface area contributed by atoms with Crippen molar-refractivity contribution >= 4 is 27.5 Å². The van der Waals surface area contributed by atoms with Gasteiger partial charge in [0.25, 0.3) is 0 Å². The molecule has 28 heavy (non-hydrogen) atoms. The molecule has 8 heteroatoms. The zero-order valence-electron chi connectivity index (χ0n) is 16.2. The van der Waals surface area contributed by atoms with Crippen LogP contribution in [0.2, 0.25) is 5.02 Å². The molecule has 6 nitrogen and oxygen atoms in total. The Balaban J connectivity index is 2.25. The predicted octanol–water partition coefficient (Wildman–Crippen LogP) is 5.20. The van der Waals surface area contributed by atoms with Gasteiger partial charge in [0.15, 0.2) is 11.5 Å². The molecular weight excluding hydrogens is 448 g/mol. The molecule has 0 spiro atoms. The number of hydrogen-bond donors (Lipinski definition) is 0. The maximum atomic E-state index is 6.66. The summed E-state index contributed by atoms with van der Waals surface area (Å²) in [6.45, 7) is 0. The van der Waals surface area contributed by atoms with Crippen LogP contribution in [0.5, 0.6) is 23.0 Å². The van der Waals surface area contributed by atoms with Crippen molar-refractivity contribution in [2.75, 3.05) is 28.4 Å². The summed E-state index contributed by atoms with van der Waals surface area (Å²) >= 11 is 10.2. The van der Waals surface area contributed by atoms with E-state index in [0.717, 1.165) is 27.0 Å². The molecule has 0 saturated heterocycles. The van der Waals surface area contributed by atoms with Crippen LogP contribution >= 0.6 is 27.5 Å². The van der Waals surface area contributed by atoms with Gasteiger partial charge in [0.1, 0.15) is 16.0 Å². The number of hydrogen-bond acceptors (Lipinski definition) is 5. The van der Waals surface area contributed by atoms with Crippen LogP contribution in [0, 0.1) is 0 Å². The predicted molar refractivity (Wildman–Crippen MR) is 113 cm³/mol. The first-order valence-corrected chi connectivity index (χ1v) is 9.47. The first-order chi connectivity index (χ1) is 13.5. The van der Waals surface area contributed by atoms with E-state index in [9.17, 15) is 0 Å². The van der Waals surface area contributed by atoms with Crippen molar-refractivity contribution in [3.63, 3.8) is 0 Å². The Morgan fingerprint density at radius 3 is 2.07 bits per heavy atom. The normalized spacial score (nSPS) is 10.7. The highest BCUT2D eigenvalue weighted by Gasteiger charge is 2.22. The Morgan fingerprint density at radius 2 is 1.54 bits per heavy atom. The average Bonchev–Trinajstić information content (AvgIpc) is 3.09. The molecule has 0 aliphatic heterocycles. The Bertz CT molecular complexity index is 995. The quantitative estimate of drug-likeness (QED) is 0.498. The fourth-order valence-electron chi connectivity index (χ4n) is 3.04. The molecule has 2 aromatic carbocycles. The number of imidazole rings is 1. The van der Waals surface area contributed by atoms with Crippen LogP contribution in [-0.2, 0) is 7.05 Å². The van der Waals surface area contributed by atoms with Gasteiger partial charge in [-0.1, -0.05) is 11.6 Å². The molecular formula is C20H20BrClN2O4. The maximum Gasteiger partial charge on any atom is 0.180 e. The van der Waals surface area contributed by atoms with E-state index in [0.29, 0.717) is 28.0 Å². The highest BCUT2D eigenvalue weighted by atomic mass is 79.9. The molecule has 0 amide bonds. The molecule has 0 atom stereocenters. The van der Waals surface area contributed by atoms with Gasteiger partial charge >= 0.3 is 0 Å². The summed E-state index contributed by atoms with van der Waals surface area (Å²) in [4.78, 5) is 4.59. The van der Waals surface area contributed by atoms with E-state index in [1.54, 1.807) is 34.8 Å². The maximum absolute atomic E-state index is 6.66. The van der Waals surface area contributed by atoms with Gasteiger partial charge in [-0.15, -0.1) is 0 Å². The molecule has 0 saturated carbocycles. The van der Waals surface area contributed by atoms with Crippen LogP contribution in [0.1, 0.15) is 0 Å². The van der Waals surface area contributed by atoms with Crippen molar-refractivity contribution in [1.29, 1.82) is 0 Å². The molecule has 3 rings (SSSR count). The number of nitrogens with zero attached hydrogens (tertiary/aromatic N) is 2. The fraction of sp³-hybridized carbons (Fsp3) is 0.250. The molecule has 0 bridgehead atoms. The lowest BCUT2D eigenvalue weighted by Crippen LogP contribution is -1.97.